The predicted octanol–water partition coefficient (Wildman–Crippen LogP) is 6.95. The molecule has 37 heavy (non-hydrogen) atoms. The van der Waals surface area contributed by atoms with E-state index in [-0.39, 0.29) is 50.2 Å². The maximum absolute atomic E-state index is 14.6. The van der Waals surface area contributed by atoms with Crippen LogP contribution in [0.15, 0.2) is 66.2 Å². The van der Waals surface area contributed by atoms with E-state index < -0.39 is 0 Å². The number of halogens is 2. The molecule has 3 aromatic carbocycles. The summed E-state index contributed by atoms with van der Waals surface area (Å²) < 4.78 is 27.0. The summed E-state index contributed by atoms with van der Waals surface area (Å²) in [5.41, 5.74) is 10.2. The second-order valence-electron chi connectivity index (χ2n) is 9.77. The fourth-order valence-electron chi connectivity index (χ4n) is 5.43. The Morgan fingerprint density at radius 3 is 2.51 bits per heavy atom. The van der Waals surface area contributed by atoms with Crippen LogP contribution in [0, 0.1) is 50.5 Å². The van der Waals surface area contributed by atoms with Crippen molar-refractivity contribution in [3.63, 3.8) is 0 Å². The molecule has 0 bridgehead atoms. The smallest absolute Gasteiger partial charge is 0.126 e. The zero-order chi connectivity index (χ0) is 25.1. The first-order valence-corrected chi connectivity index (χ1v) is 12.7. The minimum absolute atomic E-state index is 0. The first-order chi connectivity index (χ1) is 17.6. The molecule has 0 saturated carbocycles. The van der Waals surface area contributed by atoms with E-state index in [2.05, 4.69) is 35.2 Å². The molecule has 1 aliphatic heterocycles. The van der Waals surface area contributed by atoms with Crippen LogP contribution >= 0.6 is 0 Å². The number of hydrogen-bond acceptors (Lipinski definition) is 2. The summed E-state index contributed by atoms with van der Waals surface area (Å²) in [6.45, 7) is 4.20. The Kier molecular flexibility index (Phi) is 9.52. The van der Waals surface area contributed by atoms with Crippen LogP contribution in [0.2, 0.25) is 0 Å². The van der Waals surface area contributed by atoms with E-state index >= 15 is 0 Å². The van der Waals surface area contributed by atoms with Gasteiger partial charge in [0.15, 0.2) is 0 Å². The van der Waals surface area contributed by atoms with Crippen LogP contribution in [0.25, 0.3) is 17.2 Å². The second-order valence-corrected chi connectivity index (χ2v) is 9.77. The van der Waals surface area contributed by atoms with Crippen molar-refractivity contribution in [1.29, 1.82) is 0 Å². The van der Waals surface area contributed by atoms with Crippen molar-refractivity contribution in [2.24, 2.45) is 0 Å². The molecule has 5 rings (SSSR count). The molecule has 1 saturated heterocycles. The summed E-state index contributed by atoms with van der Waals surface area (Å²) in [5, 5.41) is 0. The van der Waals surface area contributed by atoms with Crippen molar-refractivity contribution in [2.75, 3.05) is 26.3 Å². The largest absolute Gasteiger partial charge is 0.376 e. The van der Waals surface area contributed by atoms with E-state index in [0.29, 0.717) is 17.5 Å². The van der Waals surface area contributed by atoms with E-state index in [0.717, 1.165) is 77.9 Å². The van der Waals surface area contributed by atoms with E-state index in [9.17, 15) is 13.6 Å². The van der Waals surface area contributed by atoms with Gasteiger partial charge in [-0.25, -0.2) is 4.39 Å². The Labute approximate surface area is 248 Å². The summed E-state index contributed by atoms with van der Waals surface area (Å²) in [6, 6.07) is 19.6. The van der Waals surface area contributed by atoms with E-state index in [4.69, 9.17) is 0 Å². The van der Waals surface area contributed by atoms with Crippen LogP contribution in [-0.4, -0.2) is 37.5 Å². The molecule has 1 radical (unpaired) electrons. The quantitative estimate of drug-likeness (QED) is 0.205. The van der Waals surface area contributed by atoms with Crippen LogP contribution in [0.5, 0.6) is 0 Å². The molecule has 2 aliphatic rings. The molecule has 0 atom stereocenters. The van der Waals surface area contributed by atoms with E-state index in [1.807, 2.05) is 37.5 Å². The molecule has 195 valence electrons. The van der Waals surface area contributed by atoms with Gasteiger partial charge < -0.3 is 4.79 Å². The maximum Gasteiger partial charge on any atom is 0.126 e. The Hall–Kier alpha value is -2.11. The molecule has 1 heterocycles. The molecular weight excluding hydrogens is 617 g/mol. The molecule has 1 aliphatic carbocycles. The van der Waals surface area contributed by atoms with Gasteiger partial charge in [-0.1, -0.05) is 48.0 Å². The molecular formula is C32H30F2HoNO-. The van der Waals surface area contributed by atoms with Gasteiger partial charge in [0.2, 0.25) is 0 Å². The Bertz CT molecular complexity index is 1340. The molecule has 5 heteroatoms. The topological polar surface area (TPSA) is 20.3 Å². The fraction of sp³-hybridized carbons (Fsp3) is 0.281. The standard InChI is InChI=1S/C32H30F2NO.Ho/c1-22-28(6-3-8-31(22)34)30-7-2-5-27-18-24(21-36)11-14-29(27)32(30)26-12-9-23(10-13-26)17-25-19-35(20-25)16-4-15-33;/h3,6,8-14,17-18H,2,4-5,7,15-16,19-20H2,1H3;/q-1;. The number of likely N-dealkylation sites (tertiary alicyclic amines) is 1. The van der Waals surface area contributed by atoms with Crippen molar-refractivity contribution in [3.05, 3.63) is 111 Å². The number of fused-ring (bicyclic) bond motifs is 1. The number of benzene rings is 3. The van der Waals surface area contributed by atoms with Crippen LogP contribution < -0.4 is 0 Å². The molecule has 0 spiro atoms. The average Bonchev–Trinajstić information content (AvgIpc) is 3.06. The molecule has 0 N–H and O–H groups in total. The Balaban J connectivity index is 0.00000320. The number of aryl methyl sites for hydroxylation is 1. The molecule has 0 aromatic heterocycles. The van der Waals surface area contributed by atoms with Gasteiger partial charge in [0.1, 0.15) is 5.82 Å². The molecule has 2 nitrogen and oxygen atoms in total. The SMILES string of the molecule is Cc1c(F)cccc1C1=C(c2ccc(C=C3CN(CCCF)C3)cc2)c2ccc([C-]=O)cc2CCC1.[Ho]. The van der Waals surface area contributed by atoms with Gasteiger partial charge in [-0.3, -0.25) is 9.29 Å². The number of nitrogens with zero attached hydrogens (tertiary/aromatic N) is 1. The minimum atomic E-state index is -0.262. The van der Waals surface area contributed by atoms with Gasteiger partial charge in [0.25, 0.3) is 0 Å². The molecule has 0 amide bonds. The van der Waals surface area contributed by atoms with Crippen molar-refractivity contribution < 1.29 is 51.3 Å². The zero-order valence-electron chi connectivity index (χ0n) is 20.9. The van der Waals surface area contributed by atoms with Crippen molar-refractivity contribution in [1.82, 2.24) is 4.90 Å². The first-order valence-electron chi connectivity index (χ1n) is 12.7. The first kappa shape index (κ1) is 27.9. The summed E-state index contributed by atoms with van der Waals surface area (Å²) in [5.74, 6) is -0.197. The van der Waals surface area contributed by atoms with Gasteiger partial charge in [0.05, 0.1) is 13.0 Å². The van der Waals surface area contributed by atoms with E-state index in [1.165, 1.54) is 11.6 Å². The number of allylic oxidation sites excluding steroid dienone is 1. The van der Waals surface area contributed by atoms with E-state index in [1.54, 1.807) is 6.07 Å². The third-order valence-corrected chi connectivity index (χ3v) is 7.29. The summed E-state index contributed by atoms with van der Waals surface area (Å²) >= 11 is 0. The monoisotopic (exact) mass is 647 g/mol. The van der Waals surface area contributed by atoms with Crippen LogP contribution in [0.3, 0.4) is 0 Å². The number of rotatable bonds is 7. The van der Waals surface area contributed by atoms with Gasteiger partial charge in [-0.15, -0.1) is 6.07 Å². The molecule has 0 unspecified atom stereocenters. The third kappa shape index (κ3) is 6.15. The number of alkyl halides is 1. The van der Waals surface area contributed by atoms with Crippen LogP contribution in [0.4, 0.5) is 8.78 Å². The maximum atomic E-state index is 14.6. The number of hydrogen-bond donors (Lipinski definition) is 0. The molecule has 1 fully saturated rings. The fourth-order valence-corrected chi connectivity index (χ4v) is 5.43. The van der Waals surface area contributed by atoms with Crippen molar-refractivity contribution in [2.45, 2.75) is 32.6 Å². The third-order valence-electron chi connectivity index (χ3n) is 7.29. The summed E-state index contributed by atoms with van der Waals surface area (Å²) in [4.78, 5) is 13.6. The predicted molar refractivity (Wildman–Crippen MR) is 143 cm³/mol. The van der Waals surface area contributed by atoms with Gasteiger partial charge in [-0.2, -0.15) is 17.7 Å². The Morgan fingerprint density at radius 1 is 1.00 bits per heavy atom. The minimum Gasteiger partial charge on any atom is -0.376 e. The summed E-state index contributed by atoms with van der Waals surface area (Å²) in [7, 11) is 0. The van der Waals surface area contributed by atoms with Gasteiger partial charge >= 0.3 is 0 Å². The second kappa shape index (κ2) is 12.6. The Morgan fingerprint density at radius 2 is 1.78 bits per heavy atom. The van der Waals surface area contributed by atoms with Crippen LogP contribution in [-0.2, 0) is 11.2 Å². The number of carbonyl (C=O) groups excluding carboxylic acids is 1. The van der Waals surface area contributed by atoms with Gasteiger partial charge in [-0.05, 0) is 83.2 Å². The zero-order valence-corrected chi connectivity index (χ0v) is 22.9. The van der Waals surface area contributed by atoms with Gasteiger partial charge in [0, 0.05) is 57.4 Å². The average molecular weight is 648 g/mol. The normalized spacial score (nSPS) is 15.4. The summed E-state index contributed by atoms with van der Waals surface area (Å²) in [6.07, 6.45) is 7.44. The van der Waals surface area contributed by atoms with Crippen molar-refractivity contribution >= 4 is 23.5 Å². The van der Waals surface area contributed by atoms with Crippen molar-refractivity contribution in [3.8, 4) is 0 Å². The molecule has 3 aromatic rings. The van der Waals surface area contributed by atoms with Crippen LogP contribution in [0.1, 0.15) is 58.2 Å².